The zero-order valence-corrected chi connectivity index (χ0v) is 14.1. The summed E-state index contributed by atoms with van der Waals surface area (Å²) in [5.41, 5.74) is 1.18. The Bertz CT molecular complexity index is 374. The maximum absolute atomic E-state index is 5.53. The van der Waals surface area contributed by atoms with Crippen LogP contribution in [-0.4, -0.2) is 0 Å². The van der Waals surface area contributed by atoms with Gasteiger partial charge in [-0.05, 0) is 5.56 Å². The van der Waals surface area contributed by atoms with Gasteiger partial charge >= 0.3 is 26.2 Å². The van der Waals surface area contributed by atoms with Gasteiger partial charge in [0, 0.05) is 5.88 Å². The molecule has 0 radical (unpaired) electrons. The number of allylic oxidation sites excluding steroid dienone is 8. The Hall–Kier alpha value is -0.647. The predicted molar refractivity (Wildman–Crippen MR) is 79.1 cm³/mol. The number of rotatable bonds is 1. The maximum atomic E-state index is 5.53. The van der Waals surface area contributed by atoms with Gasteiger partial charge in [0.15, 0.2) is 0 Å². The molecule has 2 heteroatoms. The van der Waals surface area contributed by atoms with E-state index in [1.54, 1.807) is 0 Å². The first kappa shape index (κ1) is 18.4. The van der Waals surface area contributed by atoms with Crippen LogP contribution >= 0.6 is 11.6 Å². The van der Waals surface area contributed by atoms with Gasteiger partial charge in [-0.1, -0.05) is 30.3 Å². The van der Waals surface area contributed by atoms with E-state index in [1.807, 2.05) is 54.6 Å². The number of hydrogen-bond acceptors (Lipinski definition) is 0. The van der Waals surface area contributed by atoms with Gasteiger partial charge in [0.1, 0.15) is 0 Å². The van der Waals surface area contributed by atoms with E-state index in [0.717, 1.165) is 12.8 Å². The first-order valence-corrected chi connectivity index (χ1v) is 6.50. The Kier molecular flexibility index (Phi) is 13.3. The number of halogens is 1. The maximum Gasteiger partial charge on any atom is 2.00 e. The second kappa shape index (κ2) is 13.8. The molecule has 0 atom stereocenters. The molecule has 0 fully saturated rings. The molecule has 0 aliphatic heterocycles. The van der Waals surface area contributed by atoms with Crippen LogP contribution in [0.15, 0.2) is 66.8 Å². The van der Waals surface area contributed by atoms with E-state index in [2.05, 4.69) is 24.3 Å². The molecule has 1 aromatic carbocycles. The largest absolute Gasteiger partial charge is 2.00 e. The van der Waals surface area contributed by atoms with E-state index < -0.39 is 0 Å². The van der Waals surface area contributed by atoms with Gasteiger partial charge in [0.05, 0.1) is 0 Å². The molecule has 0 aromatic heterocycles. The second-order valence-electron chi connectivity index (χ2n) is 3.63. The molecule has 0 saturated heterocycles. The third kappa shape index (κ3) is 10.9. The van der Waals surface area contributed by atoms with Crippen molar-refractivity contribution < 1.29 is 26.2 Å². The zero-order valence-electron chi connectivity index (χ0n) is 10.9. The summed E-state index contributed by atoms with van der Waals surface area (Å²) in [4.78, 5) is 0. The van der Waals surface area contributed by atoms with Gasteiger partial charge in [-0.15, -0.1) is 24.4 Å². The quantitative estimate of drug-likeness (QED) is 0.493. The first-order valence-electron chi connectivity index (χ1n) is 5.97. The third-order valence-corrected chi connectivity index (χ3v) is 2.48. The number of alkyl halides is 1. The molecule has 0 unspecified atom stereocenters. The van der Waals surface area contributed by atoms with E-state index in [9.17, 15) is 0 Å². The fraction of sp³-hybridized carbons (Fsp3) is 0.176. The van der Waals surface area contributed by atoms with Gasteiger partial charge < -0.3 is 0 Å². The van der Waals surface area contributed by atoms with E-state index in [-0.39, 0.29) is 26.2 Å². The summed E-state index contributed by atoms with van der Waals surface area (Å²) >= 11 is 5.53. The molecule has 0 N–H and O–H groups in total. The molecule has 2 aliphatic rings. The van der Waals surface area contributed by atoms with Crippen molar-refractivity contribution in [1.29, 1.82) is 0 Å². The molecule has 19 heavy (non-hydrogen) atoms. The van der Waals surface area contributed by atoms with E-state index in [4.69, 9.17) is 11.6 Å². The third-order valence-electron chi connectivity index (χ3n) is 2.17. The fourth-order valence-corrected chi connectivity index (χ4v) is 1.43. The molecule has 0 spiro atoms. The smallest absolute Gasteiger partial charge is 0.273 e. The minimum Gasteiger partial charge on any atom is -0.273 e. The van der Waals surface area contributed by atoms with E-state index in [1.165, 1.54) is 5.56 Å². The summed E-state index contributed by atoms with van der Waals surface area (Å²) in [5.74, 6) is 0.612. The first-order chi connectivity index (χ1) is 8.93. The van der Waals surface area contributed by atoms with Crippen molar-refractivity contribution in [2.24, 2.45) is 0 Å². The van der Waals surface area contributed by atoms with Crippen LogP contribution in [0.25, 0.3) is 0 Å². The average Bonchev–Trinajstić information content (AvgIpc) is 3.17. The summed E-state index contributed by atoms with van der Waals surface area (Å²) in [5, 5.41) is 0. The summed E-state index contributed by atoms with van der Waals surface area (Å²) < 4.78 is 0. The van der Waals surface area contributed by atoms with Crippen molar-refractivity contribution in [2.75, 3.05) is 0 Å². The van der Waals surface area contributed by atoms with Crippen molar-refractivity contribution in [2.45, 2.75) is 18.7 Å². The molecule has 1 aromatic rings. The Morgan fingerprint density at radius 3 is 1.63 bits per heavy atom. The molecular weight excluding hydrogens is 331 g/mol. The minimum absolute atomic E-state index is 0. The van der Waals surface area contributed by atoms with Crippen LogP contribution in [0, 0.1) is 12.2 Å². The Morgan fingerprint density at radius 2 is 1.42 bits per heavy atom. The molecule has 0 saturated carbocycles. The van der Waals surface area contributed by atoms with E-state index >= 15 is 0 Å². The fourth-order valence-electron chi connectivity index (χ4n) is 1.25. The Balaban J connectivity index is 0.000000259. The molecule has 0 amide bonds. The van der Waals surface area contributed by atoms with Gasteiger partial charge in [-0.2, -0.15) is 12.2 Å². The molecular formula is C17H17ClZr. The summed E-state index contributed by atoms with van der Waals surface area (Å²) in [6.45, 7) is 0. The van der Waals surface area contributed by atoms with Crippen molar-refractivity contribution in [1.82, 2.24) is 0 Å². The zero-order chi connectivity index (χ0) is 12.9. The summed E-state index contributed by atoms with van der Waals surface area (Å²) in [6.07, 6.45) is 20.0. The summed E-state index contributed by atoms with van der Waals surface area (Å²) in [6, 6.07) is 9.96. The Morgan fingerprint density at radius 1 is 0.895 bits per heavy atom. The van der Waals surface area contributed by atoms with Gasteiger partial charge in [-0.25, -0.2) is 24.3 Å². The van der Waals surface area contributed by atoms with Gasteiger partial charge in [0.2, 0.25) is 0 Å². The van der Waals surface area contributed by atoms with Crippen LogP contribution in [-0.2, 0) is 32.1 Å². The average molecular weight is 348 g/mol. The molecule has 3 rings (SSSR count). The van der Waals surface area contributed by atoms with Crippen LogP contribution in [0.5, 0.6) is 0 Å². The molecule has 96 valence electrons. The van der Waals surface area contributed by atoms with Crippen LogP contribution in [0.4, 0.5) is 0 Å². The molecule has 0 nitrogen and oxygen atoms in total. The molecule has 2 aliphatic carbocycles. The SMILES string of the molecule is ClCc1ccccc1.[C-]1=CC=CC1.[C-]1=CC=CC1.[Zr+2]. The van der Waals surface area contributed by atoms with Crippen molar-refractivity contribution in [3.63, 3.8) is 0 Å². The number of benzene rings is 1. The van der Waals surface area contributed by atoms with Gasteiger partial charge in [0.25, 0.3) is 0 Å². The monoisotopic (exact) mass is 346 g/mol. The standard InChI is InChI=1S/C7H7Cl.2C5H5.Zr/c8-6-7-4-2-1-3-5-7;2*1-2-4-5-3-1;/h1-5H,6H2;2*1-3H,4H2;/q;2*-1;+2. The van der Waals surface area contributed by atoms with Crippen molar-refractivity contribution >= 4 is 11.6 Å². The van der Waals surface area contributed by atoms with Gasteiger partial charge in [-0.3, -0.25) is 12.2 Å². The predicted octanol–water partition coefficient (Wildman–Crippen LogP) is 5.03. The minimum atomic E-state index is 0. The van der Waals surface area contributed by atoms with Crippen molar-refractivity contribution in [3.8, 4) is 0 Å². The number of hydrogen-bond donors (Lipinski definition) is 0. The normalized spacial score (nSPS) is 13.1. The molecule has 0 heterocycles. The summed E-state index contributed by atoms with van der Waals surface area (Å²) in [7, 11) is 0. The van der Waals surface area contributed by atoms with Crippen LogP contribution in [0.2, 0.25) is 0 Å². The van der Waals surface area contributed by atoms with Crippen molar-refractivity contribution in [3.05, 3.63) is 84.5 Å². The Labute approximate surface area is 140 Å². The molecule has 0 bridgehead atoms. The van der Waals surface area contributed by atoms with Crippen LogP contribution < -0.4 is 0 Å². The van der Waals surface area contributed by atoms with E-state index in [0.29, 0.717) is 5.88 Å². The topological polar surface area (TPSA) is 0 Å². The second-order valence-corrected chi connectivity index (χ2v) is 3.89. The van der Waals surface area contributed by atoms with Crippen LogP contribution in [0.3, 0.4) is 0 Å². The van der Waals surface area contributed by atoms with Crippen LogP contribution in [0.1, 0.15) is 18.4 Å².